The molecule has 0 saturated heterocycles. The van der Waals surface area contributed by atoms with Crippen molar-refractivity contribution in [3.05, 3.63) is 53.0 Å². The summed E-state index contributed by atoms with van der Waals surface area (Å²) in [6, 6.07) is 8.45. The highest BCUT2D eigenvalue weighted by Gasteiger charge is 2.19. The maximum Gasteiger partial charge on any atom is 0.124 e. The third-order valence-electron chi connectivity index (χ3n) is 3.38. The molecule has 3 heteroatoms. The van der Waals surface area contributed by atoms with Crippen LogP contribution in [0, 0.1) is 13.8 Å². The van der Waals surface area contributed by atoms with E-state index >= 15 is 0 Å². The Morgan fingerprint density at radius 3 is 2.65 bits per heavy atom. The topological polar surface area (TPSA) is 34.4 Å². The highest BCUT2D eigenvalue weighted by Crippen LogP contribution is 2.31. The number of hydrogen-bond acceptors (Lipinski definition) is 3. The predicted octanol–water partition coefficient (Wildman–Crippen LogP) is 3.99. The highest BCUT2D eigenvalue weighted by atomic mass is 16.5. The smallest absolute Gasteiger partial charge is 0.124 e. The predicted molar refractivity (Wildman–Crippen MR) is 81.3 cm³/mol. The zero-order valence-corrected chi connectivity index (χ0v) is 12.7. The third kappa shape index (κ3) is 3.23. The van der Waals surface area contributed by atoms with Gasteiger partial charge in [-0.2, -0.15) is 0 Å². The fraction of sp³-hybridized carbons (Fsp3) is 0.412. The Hall–Kier alpha value is -1.74. The average Bonchev–Trinajstić information content (AvgIpc) is 2.86. The molecule has 0 aliphatic rings. The number of furan rings is 1. The summed E-state index contributed by atoms with van der Waals surface area (Å²) in [5.74, 6) is 1.83. The van der Waals surface area contributed by atoms with Crippen molar-refractivity contribution < 1.29 is 9.15 Å². The molecular weight excluding hydrogens is 250 g/mol. The van der Waals surface area contributed by atoms with E-state index in [0.29, 0.717) is 0 Å². The zero-order valence-electron chi connectivity index (χ0n) is 12.7. The van der Waals surface area contributed by atoms with Crippen LogP contribution in [0.2, 0.25) is 0 Å². The fourth-order valence-electron chi connectivity index (χ4n) is 2.39. The number of benzene rings is 1. The van der Waals surface area contributed by atoms with E-state index < -0.39 is 0 Å². The van der Waals surface area contributed by atoms with Gasteiger partial charge >= 0.3 is 0 Å². The summed E-state index contributed by atoms with van der Waals surface area (Å²) in [4.78, 5) is 0. The second kappa shape index (κ2) is 6.62. The third-order valence-corrected chi connectivity index (χ3v) is 3.38. The summed E-state index contributed by atoms with van der Waals surface area (Å²) in [6.07, 6.45) is 2.91. The molecule has 1 unspecified atom stereocenters. The Kier molecular flexibility index (Phi) is 4.85. The minimum absolute atomic E-state index is 0.0993. The van der Waals surface area contributed by atoms with Gasteiger partial charge in [0.1, 0.15) is 11.5 Å². The maximum absolute atomic E-state index is 5.52. The first kappa shape index (κ1) is 14.7. The van der Waals surface area contributed by atoms with Crippen LogP contribution in [0.4, 0.5) is 0 Å². The van der Waals surface area contributed by atoms with E-state index in [9.17, 15) is 0 Å². The van der Waals surface area contributed by atoms with Crippen molar-refractivity contribution in [2.75, 3.05) is 13.7 Å². The van der Waals surface area contributed by atoms with Crippen LogP contribution in [0.3, 0.4) is 0 Å². The lowest BCUT2D eigenvalue weighted by molar-refractivity contribution is 0.403. The molecule has 108 valence electrons. The number of ether oxygens (including phenoxy) is 1. The van der Waals surface area contributed by atoms with E-state index in [1.54, 1.807) is 7.11 Å². The Balaban J connectivity index is 2.42. The lowest BCUT2D eigenvalue weighted by atomic mass is 9.98. The van der Waals surface area contributed by atoms with E-state index in [1.165, 1.54) is 5.56 Å². The number of hydrogen-bond donors (Lipinski definition) is 1. The first-order valence-electron chi connectivity index (χ1n) is 7.08. The van der Waals surface area contributed by atoms with Crippen molar-refractivity contribution in [2.24, 2.45) is 0 Å². The molecule has 0 aliphatic heterocycles. The summed E-state index contributed by atoms with van der Waals surface area (Å²) >= 11 is 0. The van der Waals surface area contributed by atoms with Gasteiger partial charge in [-0.05, 0) is 38.9 Å². The van der Waals surface area contributed by atoms with Gasteiger partial charge in [0.15, 0.2) is 0 Å². The SMILES string of the molecule is CCCNC(c1coc(C)c1)c1cc(C)ccc1OC. The Morgan fingerprint density at radius 2 is 2.05 bits per heavy atom. The highest BCUT2D eigenvalue weighted by molar-refractivity contribution is 5.43. The van der Waals surface area contributed by atoms with Crippen LogP contribution in [0.15, 0.2) is 34.9 Å². The van der Waals surface area contributed by atoms with E-state index in [0.717, 1.165) is 35.6 Å². The number of nitrogens with one attached hydrogen (secondary N) is 1. The summed E-state index contributed by atoms with van der Waals surface area (Å²) in [5.41, 5.74) is 3.52. The molecule has 1 N–H and O–H groups in total. The standard InChI is InChI=1S/C17H23NO2/c1-5-8-18-17(14-10-13(3)20-11-14)15-9-12(2)6-7-16(15)19-4/h6-7,9-11,17-18H,5,8H2,1-4H3. The molecule has 0 spiro atoms. The number of aryl methyl sites for hydroxylation is 2. The molecule has 0 amide bonds. The molecule has 1 aromatic heterocycles. The molecule has 1 atom stereocenters. The lowest BCUT2D eigenvalue weighted by Gasteiger charge is -2.20. The molecule has 2 rings (SSSR count). The van der Waals surface area contributed by atoms with Crippen molar-refractivity contribution in [3.8, 4) is 5.75 Å². The molecule has 0 bridgehead atoms. The monoisotopic (exact) mass is 273 g/mol. The second-order valence-electron chi connectivity index (χ2n) is 5.12. The molecule has 0 aliphatic carbocycles. The average molecular weight is 273 g/mol. The molecule has 2 aromatic rings. The Bertz CT molecular complexity index is 560. The summed E-state index contributed by atoms with van der Waals surface area (Å²) in [5, 5.41) is 3.58. The van der Waals surface area contributed by atoms with Crippen LogP contribution in [0.1, 0.15) is 41.8 Å². The minimum atomic E-state index is 0.0993. The van der Waals surface area contributed by atoms with Gasteiger partial charge in [-0.25, -0.2) is 0 Å². The van der Waals surface area contributed by atoms with Crippen molar-refractivity contribution >= 4 is 0 Å². The molecule has 3 nitrogen and oxygen atoms in total. The van der Waals surface area contributed by atoms with Crippen LogP contribution >= 0.6 is 0 Å². The van der Waals surface area contributed by atoms with Crippen LogP contribution in [-0.4, -0.2) is 13.7 Å². The summed E-state index contributed by atoms with van der Waals surface area (Å²) in [7, 11) is 1.71. The number of rotatable bonds is 6. The van der Waals surface area contributed by atoms with Crippen molar-refractivity contribution in [1.29, 1.82) is 0 Å². The molecule has 1 heterocycles. The van der Waals surface area contributed by atoms with Crippen LogP contribution < -0.4 is 10.1 Å². The molecule has 0 saturated carbocycles. The van der Waals surface area contributed by atoms with Crippen LogP contribution in [-0.2, 0) is 0 Å². The van der Waals surface area contributed by atoms with Gasteiger partial charge in [0.2, 0.25) is 0 Å². The summed E-state index contributed by atoms with van der Waals surface area (Å²) in [6.45, 7) is 7.18. The quantitative estimate of drug-likeness (QED) is 0.864. The van der Waals surface area contributed by atoms with Crippen molar-refractivity contribution in [3.63, 3.8) is 0 Å². The molecular formula is C17H23NO2. The van der Waals surface area contributed by atoms with Gasteiger partial charge in [-0.1, -0.05) is 24.6 Å². The zero-order chi connectivity index (χ0) is 14.5. The van der Waals surface area contributed by atoms with Gasteiger partial charge in [0.25, 0.3) is 0 Å². The van der Waals surface area contributed by atoms with Crippen LogP contribution in [0.25, 0.3) is 0 Å². The summed E-state index contributed by atoms with van der Waals surface area (Å²) < 4.78 is 11.0. The van der Waals surface area contributed by atoms with Gasteiger partial charge in [-0.3, -0.25) is 0 Å². The Morgan fingerprint density at radius 1 is 1.25 bits per heavy atom. The van der Waals surface area contributed by atoms with Gasteiger partial charge in [0.05, 0.1) is 19.4 Å². The Labute approximate surface area is 121 Å². The van der Waals surface area contributed by atoms with Crippen molar-refractivity contribution in [2.45, 2.75) is 33.2 Å². The largest absolute Gasteiger partial charge is 0.496 e. The normalized spacial score (nSPS) is 12.4. The van der Waals surface area contributed by atoms with Crippen molar-refractivity contribution in [1.82, 2.24) is 5.32 Å². The molecule has 0 fully saturated rings. The molecule has 1 aromatic carbocycles. The van der Waals surface area contributed by atoms with Gasteiger partial charge in [-0.15, -0.1) is 0 Å². The second-order valence-corrected chi connectivity index (χ2v) is 5.12. The first-order valence-corrected chi connectivity index (χ1v) is 7.08. The van der Waals surface area contributed by atoms with Crippen LogP contribution in [0.5, 0.6) is 5.75 Å². The van der Waals surface area contributed by atoms with Gasteiger partial charge < -0.3 is 14.5 Å². The van der Waals surface area contributed by atoms with E-state index in [4.69, 9.17) is 9.15 Å². The fourth-order valence-corrected chi connectivity index (χ4v) is 2.39. The van der Waals surface area contributed by atoms with E-state index in [-0.39, 0.29) is 6.04 Å². The number of methoxy groups -OCH3 is 1. The molecule has 0 radical (unpaired) electrons. The first-order chi connectivity index (χ1) is 9.65. The molecule has 20 heavy (non-hydrogen) atoms. The van der Waals surface area contributed by atoms with Gasteiger partial charge in [0, 0.05) is 11.1 Å². The van der Waals surface area contributed by atoms with E-state index in [1.807, 2.05) is 19.3 Å². The van der Waals surface area contributed by atoms with E-state index in [2.05, 4.69) is 37.4 Å². The lowest BCUT2D eigenvalue weighted by Crippen LogP contribution is -2.23. The minimum Gasteiger partial charge on any atom is -0.496 e. The maximum atomic E-state index is 5.52.